The largest absolute Gasteiger partial charge is 0.507 e. The topological polar surface area (TPSA) is 40.5 Å². The minimum Gasteiger partial charge on any atom is -0.507 e. The summed E-state index contributed by atoms with van der Waals surface area (Å²) in [6, 6.07) is 3.78. The number of phenols is 1. The number of Topliss-reactive ketones (excluding diaryl/α,β-unsaturated/α-hetero) is 1. The van der Waals surface area contributed by atoms with Gasteiger partial charge in [-0.25, -0.2) is 0 Å². The van der Waals surface area contributed by atoms with Gasteiger partial charge in [0.05, 0.1) is 5.56 Å². The summed E-state index contributed by atoms with van der Waals surface area (Å²) in [5, 5.41) is 10.8. The summed E-state index contributed by atoms with van der Waals surface area (Å²) in [4.78, 5) is 13.9. The van der Waals surface area contributed by atoms with Crippen LogP contribution in [0.5, 0.6) is 5.75 Å². The lowest BCUT2D eigenvalue weighted by Gasteiger charge is -2.37. The second kappa shape index (κ2) is 6.15. The molecule has 0 aliphatic carbocycles. The second-order valence-corrected chi connectivity index (χ2v) is 6.41. The van der Waals surface area contributed by atoms with Crippen LogP contribution in [0, 0.1) is 5.92 Å². The third-order valence-electron chi connectivity index (χ3n) is 4.15. The fourth-order valence-corrected chi connectivity index (χ4v) is 3.10. The molecule has 1 saturated heterocycles. The zero-order valence-electron chi connectivity index (χ0n) is 12.3. The molecular weight excluding hydrogens is 274 g/mol. The Morgan fingerprint density at radius 1 is 1.40 bits per heavy atom. The number of hydrogen-bond donors (Lipinski definition) is 1. The van der Waals surface area contributed by atoms with Gasteiger partial charge in [-0.3, -0.25) is 9.69 Å². The van der Waals surface area contributed by atoms with E-state index < -0.39 is 0 Å². The van der Waals surface area contributed by atoms with Crippen LogP contribution in [0.1, 0.15) is 49.5 Å². The van der Waals surface area contributed by atoms with Crippen molar-refractivity contribution in [3.05, 3.63) is 28.3 Å². The number of nitrogens with zero attached hydrogens (tertiary/aromatic N) is 1. The van der Waals surface area contributed by atoms with Crippen molar-refractivity contribution in [1.29, 1.82) is 0 Å². The highest BCUT2D eigenvalue weighted by atomic mass is 35.5. The molecule has 1 fully saturated rings. The van der Waals surface area contributed by atoms with E-state index in [1.165, 1.54) is 25.8 Å². The van der Waals surface area contributed by atoms with E-state index in [4.69, 9.17) is 11.6 Å². The third kappa shape index (κ3) is 3.33. The molecule has 0 saturated carbocycles. The van der Waals surface area contributed by atoms with E-state index >= 15 is 0 Å². The molecule has 1 aliphatic rings. The standard InChI is InChI=1S/C16H22ClNO2/c1-10-4-5-11(2)18(8-10)9-13-6-14(17)7-15(12(3)19)16(13)20/h6-7,10-11,20H,4-5,8-9H2,1-3H3. The lowest BCUT2D eigenvalue weighted by Crippen LogP contribution is -2.40. The maximum Gasteiger partial charge on any atom is 0.163 e. The minimum absolute atomic E-state index is 0.0762. The average molecular weight is 296 g/mol. The highest BCUT2D eigenvalue weighted by molar-refractivity contribution is 6.31. The van der Waals surface area contributed by atoms with Gasteiger partial charge in [0.25, 0.3) is 0 Å². The van der Waals surface area contributed by atoms with Gasteiger partial charge in [0.2, 0.25) is 0 Å². The molecule has 0 radical (unpaired) electrons. The predicted octanol–water partition coefficient (Wildman–Crippen LogP) is 3.87. The van der Waals surface area contributed by atoms with E-state index in [9.17, 15) is 9.90 Å². The Hall–Kier alpha value is -1.06. The van der Waals surface area contributed by atoms with E-state index in [0.29, 0.717) is 29.1 Å². The first-order valence-corrected chi connectivity index (χ1v) is 7.52. The Kier molecular flexibility index (Phi) is 4.71. The molecular formula is C16H22ClNO2. The molecule has 0 aromatic heterocycles. The SMILES string of the molecule is CC(=O)c1cc(Cl)cc(CN2CC(C)CCC2C)c1O. The van der Waals surface area contributed by atoms with Gasteiger partial charge in [-0.2, -0.15) is 0 Å². The first-order valence-electron chi connectivity index (χ1n) is 7.15. The van der Waals surface area contributed by atoms with Crippen LogP contribution in [-0.4, -0.2) is 28.4 Å². The number of benzene rings is 1. The number of carbonyl (C=O) groups excluding carboxylic acids is 1. The van der Waals surface area contributed by atoms with E-state index in [2.05, 4.69) is 18.7 Å². The van der Waals surface area contributed by atoms with Crippen LogP contribution < -0.4 is 0 Å². The molecule has 0 amide bonds. The molecule has 2 rings (SSSR count). The van der Waals surface area contributed by atoms with Gasteiger partial charge in [-0.05, 0) is 44.7 Å². The van der Waals surface area contributed by atoms with Gasteiger partial charge < -0.3 is 5.11 Å². The first kappa shape index (κ1) is 15.3. The van der Waals surface area contributed by atoms with Gasteiger partial charge in [0.1, 0.15) is 5.75 Å². The van der Waals surface area contributed by atoms with Gasteiger partial charge >= 0.3 is 0 Å². The van der Waals surface area contributed by atoms with Crippen LogP contribution in [0.4, 0.5) is 0 Å². The second-order valence-electron chi connectivity index (χ2n) is 5.98. The number of piperidine rings is 1. The van der Waals surface area contributed by atoms with E-state index in [0.717, 1.165) is 12.1 Å². The molecule has 1 aromatic rings. The molecule has 0 bridgehead atoms. The molecule has 20 heavy (non-hydrogen) atoms. The Morgan fingerprint density at radius 2 is 2.10 bits per heavy atom. The normalized spacial score (nSPS) is 23.8. The summed E-state index contributed by atoms with van der Waals surface area (Å²) in [7, 11) is 0. The lowest BCUT2D eigenvalue weighted by atomic mass is 9.94. The lowest BCUT2D eigenvalue weighted by molar-refractivity contribution is 0.101. The molecule has 1 aliphatic heterocycles. The molecule has 1 N–H and O–H groups in total. The van der Waals surface area contributed by atoms with Crippen molar-refractivity contribution >= 4 is 17.4 Å². The fourth-order valence-electron chi connectivity index (χ4n) is 2.86. The number of hydrogen-bond acceptors (Lipinski definition) is 3. The summed E-state index contributed by atoms with van der Waals surface area (Å²) in [6.07, 6.45) is 2.42. The van der Waals surface area contributed by atoms with Crippen molar-refractivity contribution in [2.24, 2.45) is 5.92 Å². The van der Waals surface area contributed by atoms with Gasteiger partial charge in [-0.1, -0.05) is 18.5 Å². The molecule has 2 unspecified atom stereocenters. The van der Waals surface area contributed by atoms with Crippen molar-refractivity contribution in [3.8, 4) is 5.75 Å². The van der Waals surface area contributed by atoms with Gasteiger partial charge in [-0.15, -0.1) is 0 Å². The van der Waals surface area contributed by atoms with Crippen LogP contribution in [0.15, 0.2) is 12.1 Å². The highest BCUT2D eigenvalue weighted by Gasteiger charge is 2.24. The minimum atomic E-state index is -0.161. The zero-order chi connectivity index (χ0) is 14.9. The fraction of sp³-hybridized carbons (Fsp3) is 0.562. The molecule has 1 aromatic carbocycles. The quantitative estimate of drug-likeness (QED) is 0.861. The van der Waals surface area contributed by atoms with Crippen molar-refractivity contribution in [2.75, 3.05) is 6.54 Å². The molecule has 4 heteroatoms. The van der Waals surface area contributed by atoms with Crippen molar-refractivity contribution < 1.29 is 9.90 Å². The molecule has 3 nitrogen and oxygen atoms in total. The monoisotopic (exact) mass is 295 g/mol. The summed E-state index contributed by atoms with van der Waals surface area (Å²) >= 11 is 6.07. The molecule has 2 atom stereocenters. The summed E-state index contributed by atoms with van der Waals surface area (Å²) in [5.41, 5.74) is 1.05. The number of likely N-dealkylation sites (tertiary alicyclic amines) is 1. The van der Waals surface area contributed by atoms with Crippen molar-refractivity contribution in [2.45, 2.75) is 46.2 Å². The summed E-state index contributed by atoms with van der Waals surface area (Å²) in [5.74, 6) is 0.582. The van der Waals surface area contributed by atoms with E-state index in [1.54, 1.807) is 6.07 Å². The highest BCUT2D eigenvalue weighted by Crippen LogP contribution is 2.31. The number of halogens is 1. The third-order valence-corrected chi connectivity index (χ3v) is 4.37. The maximum atomic E-state index is 11.5. The van der Waals surface area contributed by atoms with Crippen LogP contribution in [0.3, 0.4) is 0 Å². The number of ketones is 1. The Morgan fingerprint density at radius 3 is 2.75 bits per heavy atom. The van der Waals surface area contributed by atoms with Gasteiger partial charge in [0.15, 0.2) is 5.78 Å². The summed E-state index contributed by atoms with van der Waals surface area (Å²) in [6.45, 7) is 7.55. The average Bonchev–Trinajstić information content (AvgIpc) is 2.37. The predicted molar refractivity (Wildman–Crippen MR) is 81.4 cm³/mol. The van der Waals surface area contributed by atoms with Crippen LogP contribution in [0.2, 0.25) is 5.02 Å². The molecule has 0 spiro atoms. The Bertz CT molecular complexity index is 515. The molecule has 110 valence electrons. The molecule has 1 heterocycles. The maximum absolute atomic E-state index is 11.5. The van der Waals surface area contributed by atoms with Crippen LogP contribution in [0.25, 0.3) is 0 Å². The van der Waals surface area contributed by atoms with Crippen molar-refractivity contribution in [3.63, 3.8) is 0 Å². The number of aromatic hydroxyl groups is 1. The van der Waals surface area contributed by atoms with E-state index in [1.807, 2.05) is 0 Å². The smallest absolute Gasteiger partial charge is 0.163 e. The number of phenolic OH excluding ortho intramolecular Hbond substituents is 1. The van der Waals surface area contributed by atoms with Gasteiger partial charge in [0, 0.05) is 29.7 Å². The zero-order valence-corrected chi connectivity index (χ0v) is 13.1. The van der Waals surface area contributed by atoms with Crippen molar-refractivity contribution in [1.82, 2.24) is 4.90 Å². The summed E-state index contributed by atoms with van der Waals surface area (Å²) < 4.78 is 0. The van der Waals surface area contributed by atoms with E-state index in [-0.39, 0.29) is 11.5 Å². The Labute approximate surface area is 125 Å². The number of rotatable bonds is 3. The Balaban J connectivity index is 2.26. The van der Waals surface area contributed by atoms with Crippen LogP contribution >= 0.6 is 11.6 Å². The first-order chi connectivity index (χ1) is 9.38. The van der Waals surface area contributed by atoms with Crippen LogP contribution in [-0.2, 0) is 6.54 Å². The number of carbonyl (C=O) groups is 1.